The van der Waals surface area contributed by atoms with E-state index in [1.54, 1.807) is 43.5 Å². The second kappa shape index (κ2) is 9.78. The number of rotatable bonds is 6. The highest BCUT2D eigenvalue weighted by molar-refractivity contribution is 7.91. The topological polar surface area (TPSA) is 62.7 Å². The predicted molar refractivity (Wildman–Crippen MR) is 140 cm³/mol. The third-order valence-electron chi connectivity index (χ3n) is 6.73. The lowest BCUT2D eigenvalue weighted by atomic mass is 10.1. The van der Waals surface area contributed by atoms with Gasteiger partial charge in [0, 0.05) is 43.4 Å². The molecule has 0 spiro atoms. The highest BCUT2D eigenvalue weighted by Gasteiger charge is 2.29. The molecule has 0 aliphatic carbocycles. The zero-order valence-corrected chi connectivity index (χ0v) is 21.1. The van der Waals surface area contributed by atoms with E-state index in [0.717, 1.165) is 28.6 Å². The third kappa shape index (κ3) is 4.48. The van der Waals surface area contributed by atoms with Crippen LogP contribution in [0.1, 0.15) is 12.5 Å². The fraction of sp³-hybridized carbons (Fsp3) is 0.250. The van der Waals surface area contributed by atoms with Crippen molar-refractivity contribution in [2.24, 2.45) is 0 Å². The van der Waals surface area contributed by atoms with E-state index in [9.17, 15) is 12.8 Å². The van der Waals surface area contributed by atoms with Gasteiger partial charge in [-0.2, -0.15) is 0 Å². The van der Waals surface area contributed by atoms with Gasteiger partial charge in [-0.15, -0.1) is 0 Å². The van der Waals surface area contributed by atoms with Crippen LogP contribution in [-0.2, 0) is 16.3 Å². The molecule has 0 N–H and O–H groups in total. The van der Waals surface area contributed by atoms with E-state index in [0.29, 0.717) is 37.6 Å². The van der Waals surface area contributed by atoms with Crippen LogP contribution in [0.4, 0.5) is 15.8 Å². The number of benzene rings is 3. The van der Waals surface area contributed by atoms with Crippen LogP contribution in [0.5, 0.6) is 5.75 Å². The summed E-state index contributed by atoms with van der Waals surface area (Å²) in [5.41, 5.74) is 3.52. The Morgan fingerprint density at radius 1 is 0.917 bits per heavy atom. The quantitative estimate of drug-likeness (QED) is 0.363. The molecule has 2 heterocycles. The van der Waals surface area contributed by atoms with Crippen molar-refractivity contribution >= 4 is 32.1 Å². The minimum absolute atomic E-state index is 0.197. The Balaban J connectivity index is 1.58. The van der Waals surface area contributed by atoms with Gasteiger partial charge >= 0.3 is 0 Å². The average Bonchev–Trinajstić information content (AvgIpc) is 2.92. The number of piperazine rings is 1. The van der Waals surface area contributed by atoms with Crippen molar-refractivity contribution in [2.75, 3.05) is 43.1 Å². The summed E-state index contributed by atoms with van der Waals surface area (Å²) >= 11 is 0. The molecular formula is C28H28FN3O3S. The second-order valence-corrected chi connectivity index (χ2v) is 10.7. The number of anilines is 2. The normalized spacial score (nSPS) is 14.3. The predicted octanol–water partition coefficient (Wildman–Crippen LogP) is 5.10. The van der Waals surface area contributed by atoms with Gasteiger partial charge in [0.1, 0.15) is 16.5 Å². The molecule has 0 saturated carbocycles. The van der Waals surface area contributed by atoms with Crippen molar-refractivity contribution in [1.29, 1.82) is 0 Å². The molecule has 4 aromatic rings. The summed E-state index contributed by atoms with van der Waals surface area (Å²) in [6, 6.07) is 19.0. The van der Waals surface area contributed by atoms with Crippen LogP contribution in [-0.4, -0.2) is 46.7 Å². The Bertz CT molecular complexity index is 1480. The first-order valence-electron chi connectivity index (χ1n) is 12.0. The van der Waals surface area contributed by atoms with Crippen LogP contribution in [0.3, 0.4) is 0 Å². The zero-order chi connectivity index (χ0) is 25.3. The second-order valence-electron chi connectivity index (χ2n) is 8.81. The van der Waals surface area contributed by atoms with E-state index >= 15 is 0 Å². The van der Waals surface area contributed by atoms with Crippen molar-refractivity contribution in [1.82, 2.24) is 4.98 Å². The lowest BCUT2D eigenvalue weighted by Crippen LogP contribution is -2.47. The molecule has 0 atom stereocenters. The molecule has 1 aromatic heterocycles. The number of sulfone groups is 1. The number of methoxy groups -OCH3 is 1. The summed E-state index contributed by atoms with van der Waals surface area (Å²) < 4.78 is 46.3. The SMILES string of the molecule is CCc1ccc2ncc(S(=O)(=O)c3ccc(OC)cc3)c(N3CCN(c4ccc(F)cc4)CC3)c2c1. The Hall–Kier alpha value is -3.65. The maximum atomic E-state index is 13.9. The highest BCUT2D eigenvalue weighted by Crippen LogP contribution is 2.37. The number of pyridine rings is 1. The molecule has 0 bridgehead atoms. The number of fused-ring (bicyclic) bond motifs is 1. The van der Waals surface area contributed by atoms with Gasteiger partial charge in [-0.05, 0) is 72.6 Å². The van der Waals surface area contributed by atoms with Gasteiger partial charge in [0.25, 0.3) is 0 Å². The summed E-state index contributed by atoms with van der Waals surface area (Å²) in [6.45, 7) is 4.69. The van der Waals surface area contributed by atoms with E-state index in [1.807, 2.05) is 12.1 Å². The van der Waals surface area contributed by atoms with Gasteiger partial charge in [-0.1, -0.05) is 13.0 Å². The number of aromatic nitrogens is 1. The fourth-order valence-electron chi connectivity index (χ4n) is 4.67. The van der Waals surface area contributed by atoms with E-state index in [1.165, 1.54) is 18.3 Å². The number of hydrogen-bond acceptors (Lipinski definition) is 6. The summed E-state index contributed by atoms with van der Waals surface area (Å²) in [5.74, 6) is 0.330. The Morgan fingerprint density at radius 2 is 1.58 bits per heavy atom. The van der Waals surface area contributed by atoms with Crippen LogP contribution >= 0.6 is 0 Å². The maximum absolute atomic E-state index is 13.9. The summed E-state index contributed by atoms with van der Waals surface area (Å²) in [4.78, 5) is 9.25. The number of nitrogens with zero attached hydrogens (tertiary/aromatic N) is 3. The Kier molecular flexibility index (Phi) is 6.53. The fourth-order valence-corrected chi connectivity index (χ4v) is 6.11. The first-order valence-corrected chi connectivity index (χ1v) is 13.5. The number of ether oxygens (including phenoxy) is 1. The lowest BCUT2D eigenvalue weighted by molar-refractivity contribution is 0.414. The third-order valence-corrected chi connectivity index (χ3v) is 8.50. The molecule has 0 amide bonds. The number of aryl methyl sites for hydroxylation is 1. The molecule has 0 radical (unpaired) electrons. The van der Waals surface area contributed by atoms with Crippen LogP contribution < -0.4 is 14.5 Å². The van der Waals surface area contributed by atoms with Crippen molar-refractivity contribution in [2.45, 2.75) is 23.1 Å². The molecule has 0 unspecified atom stereocenters. The molecule has 1 fully saturated rings. The maximum Gasteiger partial charge on any atom is 0.210 e. The molecule has 36 heavy (non-hydrogen) atoms. The standard InChI is InChI=1S/C28H28FN3O3S/c1-3-20-4-13-26-25(18-20)28(32-16-14-31(15-17-32)22-7-5-21(29)6-8-22)27(19-30-26)36(33,34)24-11-9-23(35-2)10-12-24/h4-13,18-19H,3,14-17H2,1-2H3. The van der Waals surface area contributed by atoms with Crippen molar-refractivity contribution in [3.8, 4) is 5.75 Å². The lowest BCUT2D eigenvalue weighted by Gasteiger charge is -2.38. The summed E-state index contributed by atoms with van der Waals surface area (Å²) in [5, 5.41) is 0.833. The van der Waals surface area contributed by atoms with Gasteiger partial charge in [-0.25, -0.2) is 12.8 Å². The largest absolute Gasteiger partial charge is 0.497 e. The summed E-state index contributed by atoms with van der Waals surface area (Å²) in [6.07, 6.45) is 2.32. The molecular weight excluding hydrogens is 477 g/mol. The van der Waals surface area contributed by atoms with Crippen LogP contribution in [0.2, 0.25) is 0 Å². The monoisotopic (exact) mass is 505 g/mol. The van der Waals surface area contributed by atoms with Gasteiger partial charge in [-0.3, -0.25) is 4.98 Å². The molecule has 6 nitrogen and oxygen atoms in total. The molecule has 1 aliphatic rings. The molecule has 186 valence electrons. The van der Waals surface area contributed by atoms with Gasteiger partial charge in [0.05, 0.1) is 23.2 Å². The van der Waals surface area contributed by atoms with Crippen LogP contribution in [0.15, 0.2) is 82.7 Å². The van der Waals surface area contributed by atoms with Crippen molar-refractivity contribution < 1.29 is 17.5 Å². The highest BCUT2D eigenvalue weighted by atomic mass is 32.2. The first kappa shape index (κ1) is 24.1. The minimum Gasteiger partial charge on any atom is -0.497 e. The van der Waals surface area contributed by atoms with E-state index < -0.39 is 9.84 Å². The molecule has 5 rings (SSSR count). The average molecular weight is 506 g/mol. The van der Waals surface area contributed by atoms with Gasteiger partial charge in [0.15, 0.2) is 0 Å². The minimum atomic E-state index is -3.84. The van der Waals surface area contributed by atoms with Gasteiger partial charge < -0.3 is 14.5 Å². The zero-order valence-electron chi connectivity index (χ0n) is 20.3. The van der Waals surface area contributed by atoms with Crippen molar-refractivity contribution in [3.05, 3.63) is 84.3 Å². The first-order chi connectivity index (χ1) is 17.4. The number of halogens is 1. The van der Waals surface area contributed by atoms with Crippen molar-refractivity contribution in [3.63, 3.8) is 0 Å². The Morgan fingerprint density at radius 3 is 2.22 bits per heavy atom. The van der Waals surface area contributed by atoms with E-state index in [4.69, 9.17) is 4.74 Å². The number of hydrogen-bond donors (Lipinski definition) is 0. The van der Waals surface area contributed by atoms with Crippen LogP contribution in [0.25, 0.3) is 10.9 Å². The van der Waals surface area contributed by atoms with Crippen LogP contribution in [0, 0.1) is 5.82 Å². The smallest absolute Gasteiger partial charge is 0.210 e. The van der Waals surface area contributed by atoms with Gasteiger partial charge in [0.2, 0.25) is 9.84 Å². The Labute approximate surface area is 210 Å². The van der Waals surface area contributed by atoms with E-state index in [-0.39, 0.29) is 15.6 Å². The molecule has 8 heteroatoms. The molecule has 3 aromatic carbocycles. The van der Waals surface area contributed by atoms with E-state index in [2.05, 4.69) is 27.8 Å². The molecule has 1 saturated heterocycles. The summed E-state index contributed by atoms with van der Waals surface area (Å²) in [7, 11) is -2.29. The molecule has 1 aliphatic heterocycles.